The number of piperidine rings is 2. The van der Waals surface area contributed by atoms with E-state index in [2.05, 4.69) is 4.98 Å². The Morgan fingerprint density at radius 3 is 2.68 bits per heavy atom. The monoisotopic (exact) mass is 384 g/mol. The van der Waals surface area contributed by atoms with Gasteiger partial charge in [0, 0.05) is 32.1 Å². The fraction of sp³-hybridized carbons (Fsp3) is 0.571. The number of H-pyrrole nitrogens is 1. The molecule has 1 aromatic heterocycles. The van der Waals surface area contributed by atoms with Crippen LogP contribution in [0.15, 0.2) is 24.3 Å². The van der Waals surface area contributed by atoms with Crippen LogP contribution in [0.5, 0.6) is 0 Å². The molecule has 7 heteroatoms. The van der Waals surface area contributed by atoms with Crippen LogP contribution in [0, 0.1) is 5.92 Å². The first kappa shape index (κ1) is 18.8. The molecule has 150 valence electrons. The fourth-order valence-corrected chi connectivity index (χ4v) is 4.36. The summed E-state index contributed by atoms with van der Waals surface area (Å²) in [5, 5.41) is 0. The first-order chi connectivity index (χ1) is 13.7. The Hall–Kier alpha value is -2.57. The maximum atomic E-state index is 13.0. The predicted octanol–water partition coefficient (Wildman–Crippen LogP) is 3.14. The van der Waals surface area contributed by atoms with E-state index in [1.165, 1.54) is 0 Å². The molecule has 28 heavy (non-hydrogen) atoms. The van der Waals surface area contributed by atoms with E-state index in [0.29, 0.717) is 25.6 Å². The van der Waals surface area contributed by atoms with E-state index in [1.807, 2.05) is 29.2 Å². The van der Waals surface area contributed by atoms with Gasteiger partial charge < -0.3 is 19.5 Å². The van der Waals surface area contributed by atoms with Crippen molar-refractivity contribution >= 4 is 23.0 Å². The Morgan fingerprint density at radius 1 is 1.14 bits per heavy atom. The summed E-state index contributed by atoms with van der Waals surface area (Å²) in [5.74, 6) is 1.45. The molecule has 3 heterocycles. The molecule has 1 aromatic carbocycles. The zero-order valence-electron chi connectivity index (χ0n) is 16.4. The number of benzene rings is 1. The second kappa shape index (κ2) is 8.20. The molecule has 0 bridgehead atoms. The van der Waals surface area contributed by atoms with E-state index in [0.717, 1.165) is 55.6 Å². The lowest BCUT2D eigenvalue weighted by atomic mass is 9.92. The molecule has 2 saturated heterocycles. The third kappa shape index (κ3) is 3.84. The summed E-state index contributed by atoms with van der Waals surface area (Å²) in [6.45, 7) is 4.81. The number of fused-ring (bicyclic) bond motifs is 1. The SMILES string of the molecule is CCOC(=O)N1CCCC(C(=O)N2CCC(c3nc4ccccc4[nH]3)CC2)C1. The summed E-state index contributed by atoms with van der Waals surface area (Å²) in [6.07, 6.45) is 3.23. The third-order valence-electron chi connectivity index (χ3n) is 5.90. The van der Waals surface area contributed by atoms with Gasteiger partial charge >= 0.3 is 6.09 Å². The van der Waals surface area contributed by atoms with Crippen molar-refractivity contribution in [1.29, 1.82) is 0 Å². The Balaban J connectivity index is 1.34. The Kier molecular flexibility index (Phi) is 5.50. The van der Waals surface area contributed by atoms with Crippen LogP contribution < -0.4 is 0 Å². The van der Waals surface area contributed by atoms with Crippen LogP contribution in [-0.2, 0) is 9.53 Å². The average Bonchev–Trinajstić information content (AvgIpc) is 3.18. The molecule has 4 rings (SSSR count). The number of carbonyl (C=O) groups excluding carboxylic acids is 2. The van der Waals surface area contributed by atoms with Gasteiger partial charge in [0.2, 0.25) is 5.91 Å². The number of carbonyl (C=O) groups is 2. The molecular weight excluding hydrogens is 356 g/mol. The van der Waals surface area contributed by atoms with Gasteiger partial charge in [0.1, 0.15) is 5.82 Å². The van der Waals surface area contributed by atoms with E-state index in [1.54, 1.807) is 11.8 Å². The van der Waals surface area contributed by atoms with Crippen LogP contribution in [0.4, 0.5) is 4.79 Å². The minimum Gasteiger partial charge on any atom is -0.450 e. The quantitative estimate of drug-likeness (QED) is 0.882. The molecule has 0 saturated carbocycles. The minimum atomic E-state index is -0.302. The minimum absolute atomic E-state index is 0.110. The highest BCUT2D eigenvalue weighted by atomic mass is 16.6. The standard InChI is InChI=1S/C21H28N4O3/c1-2-28-21(27)25-11-5-6-16(14-25)20(26)24-12-9-15(10-13-24)19-22-17-7-3-4-8-18(17)23-19/h3-4,7-8,15-16H,2,5-6,9-14H2,1H3,(H,22,23). The summed E-state index contributed by atoms with van der Waals surface area (Å²) in [4.78, 5) is 36.8. The zero-order valence-corrected chi connectivity index (χ0v) is 16.4. The molecule has 0 spiro atoms. The molecule has 2 aliphatic heterocycles. The highest BCUT2D eigenvalue weighted by Gasteiger charge is 2.34. The van der Waals surface area contributed by atoms with E-state index in [9.17, 15) is 9.59 Å². The number of hydrogen-bond acceptors (Lipinski definition) is 4. The highest BCUT2D eigenvalue weighted by Crippen LogP contribution is 2.29. The molecule has 1 atom stereocenters. The molecule has 7 nitrogen and oxygen atoms in total. The molecule has 2 amide bonds. The fourth-order valence-electron chi connectivity index (χ4n) is 4.36. The lowest BCUT2D eigenvalue weighted by Gasteiger charge is -2.37. The Bertz CT molecular complexity index is 808. The molecular formula is C21H28N4O3. The summed E-state index contributed by atoms with van der Waals surface area (Å²) < 4.78 is 5.09. The molecule has 1 N–H and O–H groups in total. The molecule has 1 unspecified atom stereocenters. The lowest BCUT2D eigenvalue weighted by Crippen LogP contribution is -2.48. The number of nitrogens with zero attached hydrogens (tertiary/aromatic N) is 3. The molecule has 2 aromatic rings. The summed E-state index contributed by atoms with van der Waals surface area (Å²) in [7, 11) is 0. The topological polar surface area (TPSA) is 78.5 Å². The van der Waals surface area contributed by atoms with Crippen molar-refractivity contribution in [3.63, 3.8) is 0 Å². The maximum absolute atomic E-state index is 13.0. The van der Waals surface area contributed by atoms with E-state index >= 15 is 0 Å². The first-order valence-electron chi connectivity index (χ1n) is 10.3. The van der Waals surface area contributed by atoms with Gasteiger partial charge in [-0.15, -0.1) is 0 Å². The smallest absolute Gasteiger partial charge is 0.409 e. The van der Waals surface area contributed by atoms with Crippen LogP contribution in [0.25, 0.3) is 11.0 Å². The predicted molar refractivity (Wildman–Crippen MR) is 106 cm³/mol. The van der Waals surface area contributed by atoms with Gasteiger partial charge in [-0.25, -0.2) is 9.78 Å². The number of aromatic amines is 1. The van der Waals surface area contributed by atoms with Gasteiger partial charge in [-0.1, -0.05) is 12.1 Å². The molecule has 2 aliphatic rings. The van der Waals surface area contributed by atoms with Gasteiger partial charge in [0.05, 0.1) is 23.6 Å². The number of imidazole rings is 1. The van der Waals surface area contributed by atoms with E-state index in [4.69, 9.17) is 9.72 Å². The number of hydrogen-bond donors (Lipinski definition) is 1. The number of nitrogens with one attached hydrogen (secondary N) is 1. The summed E-state index contributed by atoms with van der Waals surface area (Å²) in [6, 6.07) is 8.07. The Labute approximate surface area is 165 Å². The molecule has 0 radical (unpaired) electrons. The number of para-hydroxylation sites is 2. The second-order valence-corrected chi connectivity index (χ2v) is 7.72. The second-order valence-electron chi connectivity index (χ2n) is 7.72. The normalized spacial score (nSPS) is 21.1. The van der Waals surface area contributed by atoms with Crippen molar-refractivity contribution in [2.45, 2.75) is 38.5 Å². The van der Waals surface area contributed by atoms with Crippen molar-refractivity contribution in [2.24, 2.45) is 5.92 Å². The summed E-state index contributed by atoms with van der Waals surface area (Å²) in [5.41, 5.74) is 2.06. The number of likely N-dealkylation sites (tertiary alicyclic amines) is 2. The van der Waals surface area contributed by atoms with Gasteiger partial charge in [-0.3, -0.25) is 4.79 Å². The van der Waals surface area contributed by atoms with Crippen LogP contribution in [0.1, 0.15) is 44.3 Å². The zero-order chi connectivity index (χ0) is 19.5. The molecule has 0 aliphatic carbocycles. The van der Waals surface area contributed by atoms with Crippen molar-refractivity contribution in [3.05, 3.63) is 30.1 Å². The number of amides is 2. The van der Waals surface area contributed by atoms with Crippen LogP contribution in [0.2, 0.25) is 0 Å². The van der Waals surface area contributed by atoms with E-state index in [-0.39, 0.29) is 17.9 Å². The van der Waals surface area contributed by atoms with Gasteiger partial charge in [-0.2, -0.15) is 0 Å². The lowest BCUT2D eigenvalue weighted by molar-refractivity contribution is -0.138. The van der Waals surface area contributed by atoms with Crippen LogP contribution in [-0.4, -0.2) is 64.6 Å². The van der Waals surface area contributed by atoms with Crippen LogP contribution in [0.3, 0.4) is 0 Å². The first-order valence-corrected chi connectivity index (χ1v) is 10.3. The maximum Gasteiger partial charge on any atom is 0.409 e. The van der Waals surface area contributed by atoms with Crippen molar-refractivity contribution < 1.29 is 14.3 Å². The van der Waals surface area contributed by atoms with Crippen molar-refractivity contribution in [3.8, 4) is 0 Å². The number of rotatable bonds is 3. The Morgan fingerprint density at radius 2 is 1.93 bits per heavy atom. The van der Waals surface area contributed by atoms with Crippen molar-refractivity contribution in [2.75, 3.05) is 32.8 Å². The van der Waals surface area contributed by atoms with Gasteiger partial charge in [-0.05, 0) is 44.7 Å². The van der Waals surface area contributed by atoms with Crippen molar-refractivity contribution in [1.82, 2.24) is 19.8 Å². The number of aromatic nitrogens is 2. The van der Waals surface area contributed by atoms with Gasteiger partial charge in [0.15, 0.2) is 0 Å². The molecule has 2 fully saturated rings. The van der Waals surface area contributed by atoms with Gasteiger partial charge in [0.25, 0.3) is 0 Å². The average molecular weight is 384 g/mol. The van der Waals surface area contributed by atoms with E-state index < -0.39 is 0 Å². The number of ether oxygens (including phenoxy) is 1. The highest BCUT2D eigenvalue weighted by molar-refractivity contribution is 5.80. The summed E-state index contributed by atoms with van der Waals surface area (Å²) >= 11 is 0. The largest absolute Gasteiger partial charge is 0.450 e. The third-order valence-corrected chi connectivity index (χ3v) is 5.90. The van der Waals surface area contributed by atoms with Crippen LogP contribution >= 0.6 is 0 Å².